The molecule has 31 heavy (non-hydrogen) atoms. The van der Waals surface area contributed by atoms with Gasteiger partial charge in [0.15, 0.2) is 0 Å². The zero-order valence-electron chi connectivity index (χ0n) is 18.3. The van der Waals surface area contributed by atoms with Gasteiger partial charge in [0.1, 0.15) is 5.82 Å². The van der Waals surface area contributed by atoms with Crippen molar-refractivity contribution in [1.29, 1.82) is 0 Å². The Balaban J connectivity index is 1.96. The van der Waals surface area contributed by atoms with Crippen LogP contribution in [0.25, 0.3) is 0 Å². The van der Waals surface area contributed by atoms with Crippen LogP contribution in [0.2, 0.25) is 0 Å². The fourth-order valence-corrected chi connectivity index (χ4v) is 2.71. The molecule has 0 aliphatic heterocycles. The second kappa shape index (κ2) is 13.1. The molecule has 2 heterocycles. The predicted molar refractivity (Wildman–Crippen MR) is 121 cm³/mol. The normalized spacial score (nSPS) is 11.2. The molecule has 0 saturated heterocycles. The summed E-state index contributed by atoms with van der Waals surface area (Å²) in [6.45, 7) is 5.35. The number of aromatic nitrogens is 3. The molecule has 2 rings (SSSR count). The molecule has 0 fully saturated rings. The molecule has 0 bridgehead atoms. The first-order valence-corrected chi connectivity index (χ1v) is 10.5. The van der Waals surface area contributed by atoms with Gasteiger partial charge in [0.2, 0.25) is 17.8 Å². The Hall–Kier alpha value is -3.25. The Morgan fingerprint density at radius 1 is 1.26 bits per heavy atom. The summed E-state index contributed by atoms with van der Waals surface area (Å²) in [7, 11) is 1.78. The summed E-state index contributed by atoms with van der Waals surface area (Å²) in [5, 5.41) is 12.1. The molecule has 0 radical (unpaired) electrons. The summed E-state index contributed by atoms with van der Waals surface area (Å²) >= 11 is 0. The minimum atomic E-state index is -0.579. The van der Waals surface area contributed by atoms with Crippen molar-refractivity contribution in [2.24, 2.45) is 0 Å². The topological polar surface area (TPSA) is 104 Å². The lowest BCUT2D eigenvalue weighted by Gasteiger charge is -2.13. The van der Waals surface area contributed by atoms with Crippen molar-refractivity contribution >= 4 is 23.4 Å². The number of hydrogen-bond donors (Lipinski definition) is 4. The van der Waals surface area contributed by atoms with Gasteiger partial charge in [0, 0.05) is 37.5 Å². The van der Waals surface area contributed by atoms with Crippen LogP contribution in [0.4, 0.5) is 21.8 Å². The van der Waals surface area contributed by atoms with Crippen molar-refractivity contribution in [3.8, 4) is 11.8 Å². The zero-order chi connectivity index (χ0) is 22.5. The maximum atomic E-state index is 13.3. The number of amides is 1. The molecule has 2 aromatic rings. The van der Waals surface area contributed by atoms with E-state index in [1.807, 2.05) is 6.92 Å². The number of nitrogens with zero attached hydrogens (tertiary/aromatic N) is 3. The Morgan fingerprint density at radius 2 is 2.10 bits per heavy atom. The van der Waals surface area contributed by atoms with E-state index in [4.69, 9.17) is 0 Å². The van der Waals surface area contributed by atoms with E-state index in [1.165, 1.54) is 12.3 Å². The fraction of sp³-hybridized carbons (Fsp3) is 0.455. The molecule has 2 aromatic heterocycles. The highest BCUT2D eigenvalue weighted by atomic mass is 19.1. The van der Waals surface area contributed by atoms with Gasteiger partial charge in [0.05, 0.1) is 17.8 Å². The number of nitrogens with one attached hydrogen (secondary N) is 4. The number of likely N-dealkylation sites (N-methyl/N-ethyl adjacent to an activating group) is 1. The molecule has 0 aromatic carbocycles. The number of carbonyl (C=O) groups excluding carboxylic acids is 1. The number of carbonyl (C=O) groups is 1. The molecule has 0 unspecified atom stereocenters. The third kappa shape index (κ3) is 8.18. The lowest BCUT2D eigenvalue weighted by atomic mass is 10.2. The van der Waals surface area contributed by atoms with E-state index in [1.54, 1.807) is 19.3 Å². The second-order valence-electron chi connectivity index (χ2n) is 6.82. The average Bonchev–Trinajstić information content (AvgIpc) is 2.76. The highest BCUT2D eigenvalue weighted by Gasteiger charge is 2.12. The van der Waals surface area contributed by atoms with Gasteiger partial charge in [-0.2, -0.15) is 9.37 Å². The third-order valence-corrected chi connectivity index (χ3v) is 4.39. The Kier molecular flexibility index (Phi) is 10.2. The lowest BCUT2D eigenvalue weighted by molar-refractivity contribution is -0.123. The number of pyridine rings is 1. The number of halogens is 1. The number of hydrogen-bond acceptors (Lipinski definition) is 7. The first-order chi connectivity index (χ1) is 15.1. The summed E-state index contributed by atoms with van der Waals surface area (Å²) < 4.78 is 13.3. The molecule has 1 amide bonds. The van der Waals surface area contributed by atoms with E-state index in [0.29, 0.717) is 36.0 Å². The Bertz CT molecular complexity index is 906. The van der Waals surface area contributed by atoms with Crippen molar-refractivity contribution < 1.29 is 9.18 Å². The highest BCUT2D eigenvalue weighted by molar-refractivity contribution is 5.81. The standard InChI is InChI=1S/C22H30FN7O/c1-4-11-26-20-16(9-7-6-8-12-27-21(31)18(5-2)24-3)15-28-22(30-20)29-17-10-13-25-19(23)14-17/h10,13-15,18,24H,4-6,8,11-12H2,1-3H3,(H,27,31)(H2,25,26,28,29,30)/t18-/m0/s1. The van der Waals surface area contributed by atoms with Gasteiger partial charge in [-0.3, -0.25) is 4.79 Å². The molecule has 0 saturated carbocycles. The number of rotatable bonds is 11. The van der Waals surface area contributed by atoms with Gasteiger partial charge in [-0.1, -0.05) is 25.7 Å². The van der Waals surface area contributed by atoms with Crippen molar-refractivity contribution in [3.05, 3.63) is 36.0 Å². The van der Waals surface area contributed by atoms with E-state index in [9.17, 15) is 9.18 Å². The van der Waals surface area contributed by atoms with Crippen LogP contribution in [0, 0.1) is 17.8 Å². The number of anilines is 3. The van der Waals surface area contributed by atoms with Crippen LogP contribution < -0.4 is 21.3 Å². The van der Waals surface area contributed by atoms with Crippen molar-refractivity contribution in [2.45, 2.75) is 45.6 Å². The third-order valence-electron chi connectivity index (χ3n) is 4.39. The second-order valence-corrected chi connectivity index (χ2v) is 6.82. The molecule has 8 nitrogen and oxygen atoms in total. The first-order valence-electron chi connectivity index (χ1n) is 10.5. The van der Waals surface area contributed by atoms with Crippen LogP contribution in [0.15, 0.2) is 24.5 Å². The zero-order valence-corrected chi connectivity index (χ0v) is 18.3. The predicted octanol–water partition coefficient (Wildman–Crippen LogP) is 2.82. The molecule has 166 valence electrons. The minimum absolute atomic E-state index is 0.00887. The van der Waals surface area contributed by atoms with Crippen LogP contribution in [-0.2, 0) is 4.79 Å². The molecular weight excluding hydrogens is 397 g/mol. The van der Waals surface area contributed by atoms with Gasteiger partial charge < -0.3 is 21.3 Å². The van der Waals surface area contributed by atoms with Crippen molar-refractivity contribution in [2.75, 3.05) is 30.8 Å². The highest BCUT2D eigenvalue weighted by Crippen LogP contribution is 2.17. The van der Waals surface area contributed by atoms with Crippen LogP contribution in [0.5, 0.6) is 0 Å². The first kappa shape index (κ1) is 24.0. The SMILES string of the molecule is CCCNc1nc(Nc2ccnc(F)c2)ncc1C#CCCCNC(=O)[C@H](CC)NC. The molecule has 1 atom stereocenters. The van der Waals surface area contributed by atoms with E-state index >= 15 is 0 Å². The van der Waals surface area contributed by atoms with Crippen LogP contribution in [0.1, 0.15) is 45.1 Å². The van der Waals surface area contributed by atoms with Crippen LogP contribution in [-0.4, -0.2) is 47.0 Å². The van der Waals surface area contributed by atoms with Crippen LogP contribution in [0.3, 0.4) is 0 Å². The van der Waals surface area contributed by atoms with Crippen molar-refractivity contribution in [1.82, 2.24) is 25.6 Å². The van der Waals surface area contributed by atoms with Gasteiger partial charge in [0.25, 0.3) is 0 Å². The Labute approximate surface area is 182 Å². The van der Waals surface area contributed by atoms with Crippen LogP contribution >= 0.6 is 0 Å². The Morgan fingerprint density at radius 3 is 2.81 bits per heavy atom. The smallest absolute Gasteiger partial charge is 0.237 e. The molecule has 4 N–H and O–H groups in total. The average molecular weight is 428 g/mol. The van der Waals surface area contributed by atoms with E-state index in [-0.39, 0.29) is 11.9 Å². The summed E-state index contributed by atoms with van der Waals surface area (Å²) in [6, 6.07) is 2.75. The van der Waals surface area contributed by atoms with E-state index in [0.717, 1.165) is 25.8 Å². The summed E-state index contributed by atoms with van der Waals surface area (Å²) in [5.41, 5.74) is 1.20. The van der Waals surface area contributed by atoms with Gasteiger partial charge in [-0.15, -0.1) is 0 Å². The molecular formula is C22H30FN7O. The van der Waals surface area contributed by atoms with E-state index < -0.39 is 5.95 Å². The lowest BCUT2D eigenvalue weighted by Crippen LogP contribution is -2.42. The van der Waals surface area contributed by atoms with Gasteiger partial charge in [-0.25, -0.2) is 9.97 Å². The summed E-state index contributed by atoms with van der Waals surface area (Å²) in [6.07, 6.45) is 6.08. The van der Waals surface area contributed by atoms with E-state index in [2.05, 4.69) is 55.0 Å². The fourth-order valence-electron chi connectivity index (χ4n) is 2.71. The largest absolute Gasteiger partial charge is 0.369 e. The van der Waals surface area contributed by atoms with Crippen molar-refractivity contribution in [3.63, 3.8) is 0 Å². The molecule has 0 aliphatic rings. The van der Waals surface area contributed by atoms with Gasteiger partial charge >= 0.3 is 0 Å². The number of unbranched alkanes of at least 4 members (excludes halogenated alkanes) is 1. The summed E-state index contributed by atoms with van der Waals surface area (Å²) in [4.78, 5) is 24.2. The monoisotopic (exact) mass is 427 g/mol. The minimum Gasteiger partial charge on any atom is -0.369 e. The molecule has 0 aliphatic carbocycles. The quantitative estimate of drug-likeness (QED) is 0.248. The van der Waals surface area contributed by atoms with Gasteiger partial charge in [-0.05, 0) is 32.4 Å². The maximum absolute atomic E-state index is 13.3. The summed E-state index contributed by atoms with van der Waals surface area (Å²) in [5.74, 6) is 6.60. The molecule has 9 heteroatoms. The molecule has 0 spiro atoms. The maximum Gasteiger partial charge on any atom is 0.237 e.